The van der Waals surface area contributed by atoms with Crippen LogP contribution in [-0.4, -0.2) is 40.3 Å². The van der Waals surface area contributed by atoms with Gasteiger partial charge in [0.1, 0.15) is 18.9 Å². The number of halogens is 1. The molecule has 146 valence electrons. The lowest BCUT2D eigenvalue weighted by Gasteiger charge is -2.23. The summed E-state index contributed by atoms with van der Waals surface area (Å²) in [6.07, 6.45) is 1.07. The molecule has 0 atom stereocenters. The molecule has 0 aliphatic rings. The molecule has 2 aromatic rings. The molecule has 6 nitrogen and oxygen atoms in total. The standard InChI is InChI=1S/C19H23ClN2O4S/c1-14-6-4-5-7-18(14)26-11-10-21-19(23)13-22(27(3,24)25)17-9-8-16(20)12-15(17)2/h4-9,12H,10-11,13H2,1-3H3,(H,21,23). The predicted octanol–water partition coefficient (Wildman–Crippen LogP) is 2.92. The van der Waals surface area contributed by atoms with E-state index in [9.17, 15) is 13.2 Å². The number of hydrogen-bond acceptors (Lipinski definition) is 4. The van der Waals surface area contributed by atoms with Crippen LogP contribution < -0.4 is 14.4 Å². The zero-order valence-electron chi connectivity index (χ0n) is 15.5. The predicted molar refractivity (Wildman–Crippen MR) is 108 cm³/mol. The Balaban J connectivity index is 1.95. The van der Waals surface area contributed by atoms with Crippen LogP contribution in [0.25, 0.3) is 0 Å². The first kappa shape index (κ1) is 21.1. The van der Waals surface area contributed by atoms with Crippen LogP contribution in [0.15, 0.2) is 42.5 Å². The van der Waals surface area contributed by atoms with Crippen molar-refractivity contribution < 1.29 is 17.9 Å². The molecular formula is C19H23ClN2O4S. The van der Waals surface area contributed by atoms with Crippen molar-refractivity contribution >= 4 is 33.2 Å². The average molecular weight is 411 g/mol. The van der Waals surface area contributed by atoms with Gasteiger partial charge in [0.05, 0.1) is 18.5 Å². The Kier molecular flexibility index (Phi) is 7.10. The van der Waals surface area contributed by atoms with E-state index >= 15 is 0 Å². The molecule has 0 radical (unpaired) electrons. The van der Waals surface area contributed by atoms with Crippen molar-refractivity contribution in [2.24, 2.45) is 0 Å². The molecule has 27 heavy (non-hydrogen) atoms. The van der Waals surface area contributed by atoms with Gasteiger partial charge in [-0.3, -0.25) is 9.10 Å². The zero-order chi connectivity index (χ0) is 20.0. The van der Waals surface area contributed by atoms with Gasteiger partial charge in [-0.1, -0.05) is 29.8 Å². The van der Waals surface area contributed by atoms with Crippen molar-refractivity contribution in [2.75, 3.05) is 30.3 Å². The van der Waals surface area contributed by atoms with E-state index in [0.29, 0.717) is 16.3 Å². The highest BCUT2D eigenvalue weighted by Crippen LogP contribution is 2.25. The molecule has 0 aromatic heterocycles. The van der Waals surface area contributed by atoms with Gasteiger partial charge in [-0.05, 0) is 49.2 Å². The molecule has 2 rings (SSSR count). The first-order valence-electron chi connectivity index (χ1n) is 8.37. The summed E-state index contributed by atoms with van der Waals surface area (Å²) in [6, 6.07) is 12.4. The van der Waals surface area contributed by atoms with Gasteiger partial charge in [0.2, 0.25) is 15.9 Å². The van der Waals surface area contributed by atoms with Crippen LogP contribution in [0.1, 0.15) is 11.1 Å². The Hall–Kier alpha value is -2.25. The number of carbonyl (C=O) groups excluding carboxylic acids is 1. The molecule has 0 saturated heterocycles. The lowest BCUT2D eigenvalue weighted by molar-refractivity contribution is -0.119. The van der Waals surface area contributed by atoms with E-state index in [1.807, 2.05) is 31.2 Å². The summed E-state index contributed by atoms with van der Waals surface area (Å²) in [5, 5.41) is 3.18. The van der Waals surface area contributed by atoms with Crippen molar-refractivity contribution in [1.82, 2.24) is 5.32 Å². The molecule has 0 heterocycles. The van der Waals surface area contributed by atoms with E-state index in [1.54, 1.807) is 25.1 Å². The Bertz CT molecular complexity index is 916. The normalized spacial score (nSPS) is 11.1. The molecule has 0 unspecified atom stereocenters. The van der Waals surface area contributed by atoms with Crippen LogP contribution in [0.2, 0.25) is 5.02 Å². The van der Waals surface area contributed by atoms with E-state index < -0.39 is 15.9 Å². The summed E-state index contributed by atoms with van der Waals surface area (Å²) in [5.74, 6) is 0.337. The number of anilines is 1. The fourth-order valence-electron chi connectivity index (χ4n) is 2.54. The molecule has 2 aromatic carbocycles. The fourth-order valence-corrected chi connectivity index (χ4v) is 3.68. The molecule has 1 amide bonds. The Morgan fingerprint density at radius 2 is 1.85 bits per heavy atom. The van der Waals surface area contributed by atoms with E-state index in [-0.39, 0.29) is 19.7 Å². The molecule has 8 heteroatoms. The minimum absolute atomic E-state index is 0.268. The van der Waals surface area contributed by atoms with Crippen LogP contribution in [0, 0.1) is 13.8 Å². The smallest absolute Gasteiger partial charge is 0.240 e. The maximum absolute atomic E-state index is 12.2. The highest BCUT2D eigenvalue weighted by Gasteiger charge is 2.22. The highest BCUT2D eigenvalue weighted by atomic mass is 35.5. The number of aryl methyl sites for hydroxylation is 2. The summed E-state index contributed by atoms with van der Waals surface area (Å²) < 4.78 is 31.0. The Labute approximate surface area is 165 Å². The topological polar surface area (TPSA) is 75.7 Å². The summed E-state index contributed by atoms with van der Waals surface area (Å²) in [5.41, 5.74) is 2.10. The zero-order valence-corrected chi connectivity index (χ0v) is 17.1. The third-order valence-corrected chi connectivity index (χ3v) is 5.25. The summed E-state index contributed by atoms with van der Waals surface area (Å²) in [7, 11) is -3.63. The third kappa shape index (κ3) is 6.15. The number of carbonyl (C=O) groups is 1. The third-order valence-electron chi connectivity index (χ3n) is 3.89. The second-order valence-electron chi connectivity index (χ2n) is 6.16. The number of benzene rings is 2. The number of nitrogens with zero attached hydrogens (tertiary/aromatic N) is 1. The van der Waals surface area contributed by atoms with E-state index in [0.717, 1.165) is 21.9 Å². The highest BCUT2D eigenvalue weighted by molar-refractivity contribution is 7.92. The molecule has 0 bridgehead atoms. The summed E-state index contributed by atoms with van der Waals surface area (Å²) >= 11 is 5.93. The number of hydrogen-bond donors (Lipinski definition) is 1. The van der Waals surface area contributed by atoms with Gasteiger partial charge in [0.25, 0.3) is 0 Å². The van der Waals surface area contributed by atoms with Gasteiger partial charge in [-0.25, -0.2) is 8.42 Å². The van der Waals surface area contributed by atoms with Crippen molar-refractivity contribution in [3.05, 3.63) is 58.6 Å². The van der Waals surface area contributed by atoms with Gasteiger partial charge in [-0.15, -0.1) is 0 Å². The monoisotopic (exact) mass is 410 g/mol. The van der Waals surface area contributed by atoms with Crippen molar-refractivity contribution in [3.63, 3.8) is 0 Å². The van der Waals surface area contributed by atoms with Crippen molar-refractivity contribution in [1.29, 1.82) is 0 Å². The molecule has 0 fully saturated rings. The van der Waals surface area contributed by atoms with Crippen LogP contribution in [-0.2, 0) is 14.8 Å². The lowest BCUT2D eigenvalue weighted by Crippen LogP contribution is -2.41. The average Bonchev–Trinajstić information content (AvgIpc) is 2.58. The molecular weight excluding hydrogens is 388 g/mol. The Morgan fingerprint density at radius 3 is 2.48 bits per heavy atom. The minimum atomic E-state index is -3.63. The molecule has 0 spiro atoms. The van der Waals surface area contributed by atoms with Gasteiger partial charge >= 0.3 is 0 Å². The van der Waals surface area contributed by atoms with E-state index in [2.05, 4.69) is 5.32 Å². The second-order valence-corrected chi connectivity index (χ2v) is 8.51. The number of para-hydroxylation sites is 1. The van der Waals surface area contributed by atoms with E-state index in [4.69, 9.17) is 16.3 Å². The molecule has 0 saturated carbocycles. The quantitative estimate of drug-likeness (QED) is 0.679. The maximum Gasteiger partial charge on any atom is 0.240 e. The summed E-state index contributed by atoms with van der Waals surface area (Å²) in [6.45, 7) is 3.92. The SMILES string of the molecule is Cc1ccccc1OCCNC(=O)CN(c1ccc(Cl)cc1C)S(C)(=O)=O. The largest absolute Gasteiger partial charge is 0.491 e. The van der Waals surface area contributed by atoms with Gasteiger partial charge in [-0.2, -0.15) is 0 Å². The van der Waals surface area contributed by atoms with Gasteiger partial charge < -0.3 is 10.1 Å². The van der Waals surface area contributed by atoms with Crippen molar-refractivity contribution in [3.8, 4) is 5.75 Å². The number of amides is 1. The fraction of sp³-hybridized carbons (Fsp3) is 0.316. The molecule has 0 aliphatic carbocycles. The second kappa shape index (κ2) is 9.10. The van der Waals surface area contributed by atoms with Crippen LogP contribution in [0.5, 0.6) is 5.75 Å². The first-order chi connectivity index (χ1) is 12.7. The summed E-state index contributed by atoms with van der Waals surface area (Å²) in [4.78, 5) is 12.2. The van der Waals surface area contributed by atoms with E-state index in [1.165, 1.54) is 0 Å². The van der Waals surface area contributed by atoms with Crippen LogP contribution in [0.3, 0.4) is 0 Å². The number of ether oxygens (including phenoxy) is 1. The van der Waals surface area contributed by atoms with Crippen LogP contribution >= 0.6 is 11.6 Å². The molecule has 0 aliphatic heterocycles. The number of sulfonamides is 1. The number of rotatable bonds is 8. The number of nitrogens with one attached hydrogen (secondary N) is 1. The molecule has 1 N–H and O–H groups in total. The van der Waals surface area contributed by atoms with Crippen molar-refractivity contribution in [2.45, 2.75) is 13.8 Å². The first-order valence-corrected chi connectivity index (χ1v) is 10.6. The maximum atomic E-state index is 12.2. The lowest BCUT2D eigenvalue weighted by atomic mass is 10.2. The van der Waals surface area contributed by atoms with Gasteiger partial charge in [0.15, 0.2) is 0 Å². The Morgan fingerprint density at radius 1 is 1.15 bits per heavy atom. The van der Waals surface area contributed by atoms with Crippen LogP contribution in [0.4, 0.5) is 5.69 Å². The minimum Gasteiger partial charge on any atom is -0.491 e. The van der Waals surface area contributed by atoms with Gasteiger partial charge in [0, 0.05) is 5.02 Å².